The molecule has 1 amide bonds. The number of hydrogen-bond donors (Lipinski definition) is 1. The maximum absolute atomic E-state index is 12.5. The minimum atomic E-state index is 0.0430. The van der Waals surface area contributed by atoms with E-state index >= 15 is 0 Å². The van der Waals surface area contributed by atoms with Gasteiger partial charge in [0.2, 0.25) is 5.91 Å². The van der Waals surface area contributed by atoms with E-state index in [1.54, 1.807) is 0 Å². The molecule has 5 aromatic rings. The highest BCUT2D eigenvalue weighted by Gasteiger charge is 2.12. The van der Waals surface area contributed by atoms with Crippen molar-refractivity contribution in [2.45, 2.75) is 26.3 Å². The van der Waals surface area contributed by atoms with Gasteiger partial charge in [0.05, 0.1) is 17.5 Å². The second kappa shape index (κ2) is 9.29. The fourth-order valence-electron chi connectivity index (χ4n) is 4.37. The molecule has 1 N–H and O–H groups in total. The number of nitrogens with one attached hydrogen (secondary N) is 1. The summed E-state index contributed by atoms with van der Waals surface area (Å²) in [5, 5.41) is 5.56. The van der Waals surface area contributed by atoms with Crippen molar-refractivity contribution in [3.8, 4) is 0 Å². The van der Waals surface area contributed by atoms with Crippen molar-refractivity contribution in [3.05, 3.63) is 114 Å². The first-order chi connectivity index (χ1) is 16.2. The number of para-hydroxylation sites is 2. The predicted molar refractivity (Wildman–Crippen MR) is 134 cm³/mol. The third-order valence-corrected chi connectivity index (χ3v) is 6.17. The van der Waals surface area contributed by atoms with Crippen molar-refractivity contribution in [3.63, 3.8) is 0 Å². The molecule has 0 bridgehead atoms. The Balaban J connectivity index is 1.33. The Morgan fingerprint density at radius 3 is 2.52 bits per heavy atom. The maximum Gasteiger partial charge on any atom is 0.224 e. The number of amides is 1. The molecule has 33 heavy (non-hydrogen) atoms. The molecule has 164 valence electrons. The van der Waals surface area contributed by atoms with Gasteiger partial charge in [-0.05, 0) is 52.6 Å². The van der Waals surface area contributed by atoms with Crippen LogP contribution in [-0.4, -0.2) is 22.0 Å². The molecule has 0 spiro atoms. The second-order valence-corrected chi connectivity index (χ2v) is 8.49. The van der Waals surface area contributed by atoms with Gasteiger partial charge in [-0.15, -0.1) is 0 Å². The third kappa shape index (κ3) is 4.65. The van der Waals surface area contributed by atoms with Gasteiger partial charge in [0.1, 0.15) is 5.82 Å². The number of imidazole rings is 1. The lowest BCUT2D eigenvalue weighted by Crippen LogP contribution is -2.28. The lowest BCUT2D eigenvalue weighted by molar-refractivity contribution is -0.120. The first-order valence-electron chi connectivity index (χ1n) is 11.4. The maximum atomic E-state index is 12.5. The summed E-state index contributed by atoms with van der Waals surface area (Å²) in [7, 11) is 0. The van der Waals surface area contributed by atoms with Gasteiger partial charge in [-0.3, -0.25) is 4.79 Å². The zero-order chi connectivity index (χ0) is 22.6. The van der Waals surface area contributed by atoms with Gasteiger partial charge in [-0.2, -0.15) is 0 Å². The molecule has 0 aliphatic rings. The minimum Gasteiger partial charge on any atom is -0.355 e. The quantitative estimate of drug-likeness (QED) is 0.371. The second-order valence-electron chi connectivity index (χ2n) is 8.49. The van der Waals surface area contributed by atoms with E-state index in [1.807, 2.05) is 43.3 Å². The molecule has 5 rings (SSSR count). The monoisotopic (exact) mass is 433 g/mol. The van der Waals surface area contributed by atoms with Crippen LogP contribution in [0.2, 0.25) is 0 Å². The lowest BCUT2D eigenvalue weighted by Gasteiger charge is -2.11. The number of carbonyl (C=O) groups is 1. The molecule has 0 aliphatic carbocycles. The average Bonchev–Trinajstić information content (AvgIpc) is 3.18. The lowest BCUT2D eigenvalue weighted by atomic mass is 10.1. The summed E-state index contributed by atoms with van der Waals surface area (Å²) in [5.41, 5.74) is 5.55. The zero-order valence-corrected chi connectivity index (χ0v) is 18.8. The van der Waals surface area contributed by atoms with E-state index in [4.69, 9.17) is 4.98 Å². The topological polar surface area (TPSA) is 46.9 Å². The highest BCUT2D eigenvalue weighted by Crippen LogP contribution is 2.21. The fraction of sp³-hybridized carbons (Fsp3) is 0.172. The summed E-state index contributed by atoms with van der Waals surface area (Å²) in [4.78, 5) is 17.4. The third-order valence-electron chi connectivity index (χ3n) is 6.17. The average molecular weight is 434 g/mol. The summed E-state index contributed by atoms with van der Waals surface area (Å²) in [6.07, 6.45) is 1.09. The summed E-state index contributed by atoms with van der Waals surface area (Å²) in [5.74, 6) is 1.03. The SMILES string of the molecule is Cc1ccccc1CC(=O)NCCc1nc2ccccc2n1Cc1ccc2ccccc2c1. The van der Waals surface area contributed by atoms with Crippen LogP contribution < -0.4 is 5.32 Å². The molecule has 4 nitrogen and oxygen atoms in total. The van der Waals surface area contributed by atoms with E-state index in [0.717, 1.165) is 34.5 Å². The molecule has 4 aromatic carbocycles. The van der Waals surface area contributed by atoms with Gasteiger partial charge in [0, 0.05) is 19.5 Å². The number of carbonyl (C=O) groups excluding carboxylic acids is 1. The van der Waals surface area contributed by atoms with Crippen LogP contribution in [0.3, 0.4) is 0 Å². The predicted octanol–water partition coefficient (Wildman–Crippen LogP) is 5.45. The highest BCUT2D eigenvalue weighted by molar-refractivity contribution is 5.83. The summed E-state index contributed by atoms with van der Waals surface area (Å²) < 4.78 is 2.27. The Morgan fingerprint density at radius 1 is 0.879 bits per heavy atom. The Morgan fingerprint density at radius 2 is 1.64 bits per heavy atom. The van der Waals surface area contributed by atoms with E-state index in [-0.39, 0.29) is 5.91 Å². The van der Waals surface area contributed by atoms with Crippen molar-refractivity contribution in [1.29, 1.82) is 0 Å². The number of nitrogens with zero attached hydrogens (tertiary/aromatic N) is 2. The van der Waals surface area contributed by atoms with Crippen molar-refractivity contribution >= 4 is 27.7 Å². The molecule has 1 heterocycles. The van der Waals surface area contributed by atoms with Gasteiger partial charge in [-0.1, -0.05) is 72.8 Å². The standard InChI is InChI=1S/C29H27N3O/c1-21-8-2-3-10-24(21)19-29(33)30-17-16-28-31-26-12-6-7-13-27(26)32(28)20-22-14-15-23-9-4-5-11-25(23)18-22/h2-15,18H,16-17,19-20H2,1H3,(H,30,33). The van der Waals surface area contributed by atoms with E-state index in [9.17, 15) is 4.79 Å². The van der Waals surface area contributed by atoms with Crippen LogP contribution >= 0.6 is 0 Å². The minimum absolute atomic E-state index is 0.0430. The normalized spacial score (nSPS) is 11.2. The van der Waals surface area contributed by atoms with Gasteiger partial charge >= 0.3 is 0 Å². The Labute approximate surface area is 193 Å². The number of hydrogen-bond acceptors (Lipinski definition) is 2. The van der Waals surface area contributed by atoms with Gasteiger partial charge in [0.15, 0.2) is 0 Å². The Kier molecular flexibility index (Phi) is 5.90. The molecule has 0 saturated carbocycles. The molecular formula is C29H27N3O. The molecule has 0 radical (unpaired) electrons. The van der Waals surface area contributed by atoms with Crippen LogP contribution in [0.4, 0.5) is 0 Å². The Hall–Kier alpha value is -3.92. The molecule has 1 aromatic heterocycles. The number of aryl methyl sites for hydroxylation is 1. The van der Waals surface area contributed by atoms with Crippen molar-refractivity contribution in [1.82, 2.24) is 14.9 Å². The van der Waals surface area contributed by atoms with Crippen LogP contribution in [0, 0.1) is 6.92 Å². The van der Waals surface area contributed by atoms with E-state index in [0.29, 0.717) is 19.4 Å². The Bertz CT molecular complexity index is 1430. The zero-order valence-electron chi connectivity index (χ0n) is 18.8. The molecule has 0 aliphatic heterocycles. The van der Waals surface area contributed by atoms with E-state index in [2.05, 4.69) is 64.5 Å². The van der Waals surface area contributed by atoms with E-state index < -0.39 is 0 Å². The van der Waals surface area contributed by atoms with Gasteiger partial charge in [-0.25, -0.2) is 4.98 Å². The van der Waals surface area contributed by atoms with Gasteiger partial charge < -0.3 is 9.88 Å². The van der Waals surface area contributed by atoms with Gasteiger partial charge in [0.25, 0.3) is 0 Å². The smallest absolute Gasteiger partial charge is 0.224 e. The summed E-state index contributed by atoms with van der Waals surface area (Å²) >= 11 is 0. The molecule has 0 saturated heterocycles. The first-order valence-corrected chi connectivity index (χ1v) is 11.4. The molecule has 0 atom stereocenters. The van der Waals surface area contributed by atoms with Crippen LogP contribution in [0.1, 0.15) is 22.5 Å². The van der Waals surface area contributed by atoms with Crippen LogP contribution in [0.25, 0.3) is 21.8 Å². The summed E-state index contributed by atoms with van der Waals surface area (Å²) in [6, 6.07) is 31.3. The number of aromatic nitrogens is 2. The fourth-order valence-corrected chi connectivity index (χ4v) is 4.37. The molecule has 4 heteroatoms. The molecule has 0 unspecified atom stereocenters. The van der Waals surface area contributed by atoms with Crippen molar-refractivity contribution < 1.29 is 4.79 Å². The number of fused-ring (bicyclic) bond motifs is 2. The number of benzene rings is 4. The molecule has 0 fully saturated rings. The van der Waals surface area contributed by atoms with Crippen LogP contribution in [0.5, 0.6) is 0 Å². The summed E-state index contributed by atoms with van der Waals surface area (Å²) in [6.45, 7) is 3.35. The van der Waals surface area contributed by atoms with Crippen molar-refractivity contribution in [2.24, 2.45) is 0 Å². The van der Waals surface area contributed by atoms with E-state index in [1.165, 1.54) is 16.3 Å². The highest BCUT2D eigenvalue weighted by atomic mass is 16.1. The van der Waals surface area contributed by atoms with Crippen LogP contribution in [0.15, 0.2) is 91.0 Å². The molecular weight excluding hydrogens is 406 g/mol. The largest absolute Gasteiger partial charge is 0.355 e. The van der Waals surface area contributed by atoms with Crippen LogP contribution in [-0.2, 0) is 24.2 Å². The first kappa shape index (κ1) is 21.0. The number of rotatable bonds is 7. The van der Waals surface area contributed by atoms with Crippen molar-refractivity contribution in [2.75, 3.05) is 6.54 Å².